The van der Waals surface area contributed by atoms with Crippen molar-refractivity contribution in [1.29, 1.82) is 0 Å². The molecular formula is C77H132O20. The molecule has 5 aliphatic heterocycles. The maximum absolute atomic E-state index is 13.9. The Hall–Kier alpha value is -3.00. The van der Waals surface area contributed by atoms with Crippen molar-refractivity contribution in [2.75, 3.05) is 21.3 Å². The molecule has 20 nitrogen and oxygen atoms in total. The van der Waals surface area contributed by atoms with E-state index < -0.39 is 133 Å². The van der Waals surface area contributed by atoms with Crippen LogP contribution in [0.5, 0.6) is 0 Å². The second-order valence-electron chi connectivity index (χ2n) is 30.5. The van der Waals surface area contributed by atoms with Crippen LogP contribution in [0.3, 0.4) is 0 Å². The highest BCUT2D eigenvalue weighted by molar-refractivity contribution is 5.83. The molecule has 0 aromatic heterocycles. The fourth-order valence-electron chi connectivity index (χ4n) is 15.5. The van der Waals surface area contributed by atoms with Gasteiger partial charge in [0.25, 0.3) is 0 Å². The minimum atomic E-state index is -1.17. The average Bonchev–Trinajstić information content (AvgIpc) is 0.868. The lowest BCUT2D eigenvalue weighted by Crippen LogP contribution is -2.45. The summed E-state index contributed by atoms with van der Waals surface area (Å²) in [5.41, 5.74) is 1.39. The number of ether oxygens (including phenoxy) is 9. The molecule has 0 aromatic carbocycles. The van der Waals surface area contributed by atoms with Crippen LogP contribution >= 0.6 is 0 Å². The summed E-state index contributed by atoms with van der Waals surface area (Å²) in [5, 5.41) is 105. The molecule has 9 N–H and O–H groups in total. The largest absolute Gasteiger partial charge is 0.458 e. The number of methoxy groups -OCH3 is 3. The molecule has 5 aliphatic rings. The first-order valence-electron chi connectivity index (χ1n) is 37.0. The molecule has 0 saturated carbocycles. The van der Waals surface area contributed by atoms with Crippen LogP contribution in [0.25, 0.3) is 0 Å². The van der Waals surface area contributed by atoms with Crippen molar-refractivity contribution in [1.82, 2.24) is 0 Å². The van der Waals surface area contributed by atoms with Crippen molar-refractivity contribution in [2.45, 2.75) is 346 Å². The van der Waals surface area contributed by atoms with E-state index in [0.717, 1.165) is 32.1 Å². The van der Waals surface area contributed by atoms with Gasteiger partial charge in [0.15, 0.2) is 0 Å². The average molecular weight is 1380 g/mol. The zero-order valence-corrected chi connectivity index (χ0v) is 61.6. The summed E-state index contributed by atoms with van der Waals surface area (Å²) in [4.78, 5) is 27.8. The van der Waals surface area contributed by atoms with Gasteiger partial charge in [0.2, 0.25) is 0 Å². The van der Waals surface area contributed by atoms with Gasteiger partial charge in [-0.1, -0.05) is 103 Å². The van der Waals surface area contributed by atoms with Crippen LogP contribution in [0, 0.1) is 47.3 Å². The molecule has 3 fully saturated rings. The Morgan fingerprint density at radius 3 is 1.39 bits per heavy atom. The Kier molecular flexibility index (Phi) is 37.1. The van der Waals surface area contributed by atoms with Crippen LogP contribution < -0.4 is 0 Å². The number of esters is 2. The SMILES string of the molecule is CO[C@H]1C[C@H](CC[C@H](C)[C@H](O)[C@H](C)C2OC(=O)/C=C/C(C)=C/C[C@H](O)CC3C=CCC(C[C@H](OC)[C@@H](C)[C@@H](O)C[C@@H](O)[C@H](C)C([C@@H](C)[C@@H](O)[C@@H](C)CC[C@H]4C[C@H](O)C[C@H](C)O4)OC(=O)/C=C/C(C)=C/C[C@H](O)CC4CCCC(C[C@H](OC)[C@@H](C)[C@@H](O)C[C@@H](O)[C@@H]2C)O4)O3)O[C@@H](C)C1. The third kappa shape index (κ3) is 28.3. The van der Waals surface area contributed by atoms with E-state index in [1.54, 1.807) is 54.3 Å². The predicted molar refractivity (Wildman–Crippen MR) is 373 cm³/mol. The van der Waals surface area contributed by atoms with Gasteiger partial charge in [0, 0.05) is 88.3 Å². The van der Waals surface area contributed by atoms with Crippen molar-refractivity contribution in [3.05, 3.63) is 59.8 Å². The number of aliphatic hydroxyl groups is 9. The number of aliphatic hydroxyl groups excluding tert-OH is 9. The Bertz CT molecular complexity index is 2410. The maximum Gasteiger partial charge on any atom is 0.331 e. The fraction of sp³-hybridized carbons (Fsp3) is 0.844. The third-order valence-corrected chi connectivity index (χ3v) is 22.3. The topological polar surface area (TPSA) is 299 Å². The quantitative estimate of drug-likeness (QED) is 0.0544. The molecule has 20 heteroatoms. The Balaban J connectivity index is 1.36. The van der Waals surface area contributed by atoms with Gasteiger partial charge >= 0.3 is 11.9 Å². The third-order valence-electron chi connectivity index (χ3n) is 22.3. The number of hydrogen-bond acceptors (Lipinski definition) is 20. The highest BCUT2D eigenvalue weighted by atomic mass is 16.6. The lowest BCUT2D eigenvalue weighted by molar-refractivity contribution is -0.158. The van der Waals surface area contributed by atoms with E-state index in [4.69, 9.17) is 42.6 Å². The molecule has 0 aliphatic carbocycles. The fourth-order valence-corrected chi connectivity index (χ4v) is 15.5. The van der Waals surface area contributed by atoms with Crippen molar-refractivity contribution in [2.24, 2.45) is 47.3 Å². The molecule has 5 heterocycles. The Labute approximate surface area is 581 Å². The smallest absolute Gasteiger partial charge is 0.331 e. The summed E-state index contributed by atoms with van der Waals surface area (Å²) >= 11 is 0. The highest BCUT2D eigenvalue weighted by Gasteiger charge is 2.42. The number of carbonyl (C=O) groups is 2. The van der Waals surface area contributed by atoms with Gasteiger partial charge in [0.05, 0.1) is 122 Å². The summed E-state index contributed by atoms with van der Waals surface area (Å²) in [6.45, 7) is 22.4. The zero-order chi connectivity index (χ0) is 71.8. The normalized spacial score (nSPS) is 41.5. The maximum atomic E-state index is 13.9. The first kappa shape index (κ1) is 84.7. The van der Waals surface area contributed by atoms with E-state index in [9.17, 15) is 55.5 Å². The summed E-state index contributed by atoms with van der Waals surface area (Å²) in [6, 6.07) is 0. The number of cyclic esters (lactones) is 2. The molecule has 97 heavy (non-hydrogen) atoms. The number of rotatable bonds is 15. The monoisotopic (exact) mass is 1380 g/mol. The lowest BCUT2D eigenvalue weighted by Gasteiger charge is -2.38. The predicted octanol–water partition coefficient (Wildman–Crippen LogP) is 9.68. The van der Waals surface area contributed by atoms with Gasteiger partial charge < -0.3 is 88.6 Å². The molecule has 30 atom stereocenters. The van der Waals surface area contributed by atoms with Gasteiger partial charge in [0.1, 0.15) is 12.2 Å². The molecule has 0 radical (unpaired) electrons. The van der Waals surface area contributed by atoms with Crippen LogP contribution in [0.2, 0.25) is 0 Å². The molecule has 0 amide bonds. The van der Waals surface area contributed by atoms with Gasteiger partial charge in [-0.2, -0.15) is 0 Å². The van der Waals surface area contributed by atoms with E-state index in [1.165, 1.54) is 12.2 Å². The van der Waals surface area contributed by atoms with Crippen LogP contribution in [0.1, 0.15) is 212 Å². The molecular weight excluding hydrogens is 1240 g/mol. The second-order valence-corrected chi connectivity index (χ2v) is 30.5. The highest BCUT2D eigenvalue weighted by Crippen LogP contribution is 2.37. The first-order chi connectivity index (χ1) is 45.9. The standard InChI is InChI=1S/C77H132O20/c1-44-22-28-56(78)36-59-19-17-21-62(95-59)41-71(91-15)51(8)67(82)43-69(84)53(10)77(55(12)75(88)47(4)27-31-64-39-65(89-13)35-49(6)93-64)97-73(86)33-25-45(2)23-29-57(79)37-60-18-16-20-61(94-60)40-70(90-14)50(7)66(81)42-68(83)52(9)76(96-72(85)32-24-44)54(11)74(87)46(3)26-30-63-38-58(80)34-48(5)92-63/h16,18,22-25,32-33,46-71,74-84,87-88H,17,19-21,26-31,34-43H2,1-15H3/b32-24+,33-25+,44-22+,45-23+/t46-,47-,48-,49-,50-,51-,52-,53-,54-,55-,56-,57-,58+,59?,60?,61?,62?,63-,64-,65+,66-,67-,68+,69+,70-,71-,74-,75-,76?,77?/m0/s1. The molecule has 0 spiro atoms. The van der Waals surface area contributed by atoms with E-state index >= 15 is 0 Å². The number of hydrogen-bond donors (Lipinski definition) is 9. The zero-order valence-electron chi connectivity index (χ0n) is 61.6. The minimum absolute atomic E-state index is 0.0275. The molecule has 560 valence electrons. The Morgan fingerprint density at radius 2 is 0.918 bits per heavy atom. The van der Waals surface area contributed by atoms with Crippen LogP contribution in [0.4, 0.5) is 0 Å². The summed E-state index contributed by atoms with van der Waals surface area (Å²) in [6.07, 6.45) is 11.0. The van der Waals surface area contributed by atoms with Crippen LogP contribution in [-0.4, -0.2) is 214 Å². The Morgan fingerprint density at radius 1 is 0.474 bits per heavy atom. The van der Waals surface area contributed by atoms with Gasteiger partial charge in [-0.05, 0) is 149 Å². The summed E-state index contributed by atoms with van der Waals surface area (Å²) in [7, 11) is 4.88. The van der Waals surface area contributed by atoms with E-state index in [0.29, 0.717) is 75.4 Å². The minimum Gasteiger partial charge on any atom is -0.458 e. The van der Waals surface area contributed by atoms with Gasteiger partial charge in [-0.25, -0.2) is 9.59 Å². The van der Waals surface area contributed by atoms with Crippen molar-refractivity contribution in [3.8, 4) is 0 Å². The van der Waals surface area contributed by atoms with E-state index in [2.05, 4.69) is 0 Å². The molecule has 6 unspecified atom stereocenters. The molecule has 0 aromatic rings. The van der Waals surface area contributed by atoms with Crippen molar-refractivity contribution >= 4 is 11.9 Å². The van der Waals surface area contributed by atoms with Crippen LogP contribution in [-0.2, 0) is 52.2 Å². The summed E-state index contributed by atoms with van der Waals surface area (Å²) in [5.74, 6) is -5.54. The number of allylic oxidation sites excluding steroid dienone is 4. The lowest BCUT2D eigenvalue weighted by atomic mass is 9.78. The number of carbonyl (C=O) groups excluding carboxylic acids is 2. The molecule has 5 rings (SSSR count). The number of fused-ring (bicyclic) bond motifs is 4. The van der Waals surface area contributed by atoms with Crippen LogP contribution in [0.15, 0.2) is 59.8 Å². The van der Waals surface area contributed by atoms with Gasteiger partial charge in [-0.3, -0.25) is 0 Å². The van der Waals surface area contributed by atoms with E-state index in [-0.39, 0.29) is 92.8 Å². The molecule has 4 bridgehead atoms. The van der Waals surface area contributed by atoms with Gasteiger partial charge in [-0.15, -0.1) is 0 Å². The van der Waals surface area contributed by atoms with Crippen molar-refractivity contribution in [3.63, 3.8) is 0 Å². The second kappa shape index (κ2) is 42.6. The van der Waals surface area contributed by atoms with E-state index in [1.807, 2.05) is 86.6 Å². The summed E-state index contributed by atoms with van der Waals surface area (Å²) < 4.78 is 55.6. The molecule has 3 saturated heterocycles. The van der Waals surface area contributed by atoms with Crippen molar-refractivity contribution < 1.29 is 98.2 Å². The first-order valence-corrected chi connectivity index (χ1v) is 37.0.